The van der Waals surface area contributed by atoms with Gasteiger partial charge in [-0.3, -0.25) is 14.9 Å². The van der Waals surface area contributed by atoms with Gasteiger partial charge in [0.2, 0.25) is 5.43 Å². The Morgan fingerprint density at radius 2 is 1.57 bits per heavy atom. The zero-order valence-corrected chi connectivity index (χ0v) is 18.0. The first-order chi connectivity index (χ1) is 16.8. The molecule has 0 saturated heterocycles. The van der Waals surface area contributed by atoms with Crippen LogP contribution >= 0.6 is 0 Å². The average molecular weight is 471 g/mol. The molecular weight excluding hydrogens is 454 g/mol. The van der Waals surface area contributed by atoms with Crippen molar-refractivity contribution in [3.63, 3.8) is 0 Å². The van der Waals surface area contributed by atoms with Gasteiger partial charge >= 0.3 is 0 Å². The monoisotopic (exact) mass is 471 g/mol. The number of ether oxygens (including phenoxy) is 1. The number of phenols is 3. The zero-order valence-electron chi connectivity index (χ0n) is 18.0. The topological polar surface area (TPSA) is 143 Å². The number of benzene rings is 4. The van der Waals surface area contributed by atoms with Crippen molar-refractivity contribution in [2.24, 2.45) is 0 Å². The lowest BCUT2D eigenvalue weighted by atomic mass is 9.92. The number of phenolic OH excluding ortho intramolecular Hbond substituents is 3. The third kappa shape index (κ3) is 3.95. The highest BCUT2D eigenvalue weighted by Gasteiger charge is 2.22. The van der Waals surface area contributed by atoms with E-state index in [1.54, 1.807) is 36.4 Å². The Labute approximate surface area is 197 Å². The average Bonchev–Trinajstić information content (AvgIpc) is 2.84. The molecule has 0 atom stereocenters. The molecule has 3 aromatic carbocycles. The molecule has 0 bridgehead atoms. The fourth-order valence-corrected chi connectivity index (χ4v) is 3.89. The van der Waals surface area contributed by atoms with Crippen LogP contribution in [0, 0.1) is 10.1 Å². The van der Waals surface area contributed by atoms with E-state index in [0.717, 1.165) is 6.07 Å². The third-order valence-electron chi connectivity index (χ3n) is 5.59. The van der Waals surface area contributed by atoms with Crippen LogP contribution in [0.4, 0.5) is 5.69 Å². The lowest BCUT2D eigenvalue weighted by Gasteiger charge is -2.18. The second-order valence-corrected chi connectivity index (χ2v) is 7.84. The van der Waals surface area contributed by atoms with Gasteiger partial charge in [-0.2, -0.15) is 0 Å². The molecule has 1 aliphatic heterocycles. The maximum absolute atomic E-state index is 12.1. The van der Waals surface area contributed by atoms with Gasteiger partial charge in [0.15, 0.2) is 17.2 Å². The molecule has 1 heterocycles. The summed E-state index contributed by atoms with van der Waals surface area (Å²) in [5.74, 6) is -0.623. The van der Waals surface area contributed by atoms with Crippen molar-refractivity contribution in [2.45, 2.75) is 6.61 Å². The molecule has 0 radical (unpaired) electrons. The lowest BCUT2D eigenvalue weighted by Crippen LogP contribution is -2.02. The highest BCUT2D eigenvalue weighted by atomic mass is 16.6. The largest absolute Gasteiger partial charge is 0.504 e. The van der Waals surface area contributed by atoms with E-state index in [-0.39, 0.29) is 29.4 Å². The van der Waals surface area contributed by atoms with E-state index in [2.05, 4.69) is 0 Å². The predicted molar refractivity (Wildman–Crippen MR) is 127 cm³/mol. The second kappa shape index (κ2) is 8.38. The van der Waals surface area contributed by atoms with Crippen molar-refractivity contribution in [3.8, 4) is 45.4 Å². The molecule has 9 heteroatoms. The molecule has 9 nitrogen and oxygen atoms in total. The number of hydrogen-bond donors (Lipinski definition) is 3. The van der Waals surface area contributed by atoms with Crippen LogP contribution in [0.1, 0.15) is 5.56 Å². The van der Waals surface area contributed by atoms with Crippen LogP contribution in [0.2, 0.25) is 0 Å². The van der Waals surface area contributed by atoms with Gasteiger partial charge in [-0.15, -0.1) is 0 Å². The van der Waals surface area contributed by atoms with Crippen molar-refractivity contribution in [3.05, 3.63) is 98.7 Å². The van der Waals surface area contributed by atoms with Crippen LogP contribution in [0.3, 0.4) is 0 Å². The van der Waals surface area contributed by atoms with Crippen LogP contribution in [0.5, 0.6) is 23.0 Å². The number of aromatic hydroxyl groups is 3. The van der Waals surface area contributed by atoms with Gasteiger partial charge in [-0.05, 0) is 35.9 Å². The summed E-state index contributed by atoms with van der Waals surface area (Å²) < 4.78 is 11.8. The number of nitro groups is 1. The van der Waals surface area contributed by atoms with Crippen molar-refractivity contribution in [2.75, 3.05) is 0 Å². The summed E-state index contributed by atoms with van der Waals surface area (Å²) in [6, 6.07) is 18.0. The highest BCUT2D eigenvalue weighted by molar-refractivity contribution is 6.04. The highest BCUT2D eigenvalue weighted by Crippen LogP contribution is 2.46. The van der Waals surface area contributed by atoms with Crippen molar-refractivity contribution >= 4 is 16.7 Å². The predicted octanol–water partition coefficient (Wildman–Crippen LogP) is 5.17. The van der Waals surface area contributed by atoms with Gasteiger partial charge in [0.25, 0.3) is 5.69 Å². The van der Waals surface area contributed by atoms with E-state index in [4.69, 9.17) is 9.15 Å². The van der Waals surface area contributed by atoms with Crippen LogP contribution in [-0.2, 0) is 6.61 Å². The molecule has 3 aromatic rings. The Bertz CT molecular complexity index is 1620. The molecule has 1 aliphatic carbocycles. The first-order valence-corrected chi connectivity index (χ1v) is 10.4. The van der Waals surface area contributed by atoms with Crippen molar-refractivity contribution < 1.29 is 29.4 Å². The molecule has 0 spiro atoms. The van der Waals surface area contributed by atoms with Gasteiger partial charge in [0, 0.05) is 46.3 Å². The fourth-order valence-electron chi connectivity index (χ4n) is 3.89. The maximum atomic E-state index is 12.1. The van der Waals surface area contributed by atoms with Crippen LogP contribution in [0.25, 0.3) is 33.4 Å². The number of fused-ring (bicyclic) bond motifs is 2. The molecule has 35 heavy (non-hydrogen) atoms. The van der Waals surface area contributed by atoms with Gasteiger partial charge in [-0.25, -0.2) is 0 Å². The molecule has 0 unspecified atom stereocenters. The Kier molecular flexibility index (Phi) is 5.21. The number of rotatable bonds is 5. The standard InChI is InChI=1S/C26H17NO8/c28-19-9-17-24(11-21(19)30)35-25-12-22(31)20(29)10-18(25)26(17)16-3-1-2-4-23(16)34-13-14-5-7-15(8-6-14)27(32)33/h1-12,28-30H,13H2. The molecule has 0 saturated carbocycles. The molecule has 3 N–H and O–H groups in total. The summed E-state index contributed by atoms with van der Waals surface area (Å²) in [4.78, 5) is 22.5. The molecular formula is C26H17NO8. The van der Waals surface area contributed by atoms with Crippen LogP contribution in [0.15, 0.2) is 82.0 Å². The first-order valence-electron chi connectivity index (χ1n) is 10.4. The van der Waals surface area contributed by atoms with E-state index in [9.17, 15) is 30.2 Å². The lowest BCUT2D eigenvalue weighted by molar-refractivity contribution is -0.384. The minimum atomic E-state index is -0.628. The number of hydrogen-bond acceptors (Lipinski definition) is 8. The zero-order chi connectivity index (χ0) is 24.7. The van der Waals surface area contributed by atoms with E-state index in [0.29, 0.717) is 33.4 Å². The number of para-hydroxylation sites is 1. The third-order valence-corrected chi connectivity index (χ3v) is 5.59. The minimum absolute atomic E-state index is 0.0271. The summed E-state index contributed by atoms with van der Waals surface area (Å²) in [6.07, 6.45) is 0. The minimum Gasteiger partial charge on any atom is -0.504 e. The van der Waals surface area contributed by atoms with E-state index >= 15 is 0 Å². The molecule has 0 fully saturated rings. The van der Waals surface area contributed by atoms with E-state index < -0.39 is 21.9 Å². The summed E-state index contributed by atoms with van der Waals surface area (Å²) in [5, 5.41) is 41.6. The molecule has 0 amide bonds. The van der Waals surface area contributed by atoms with Crippen LogP contribution in [-0.4, -0.2) is 20.2 Å². The molecule has 2 aliphatic rings. The van der Waals surface area contributed by atoms with Gasteiger partial charge in [0.1, 0.15) is 23.7 Å². The second-order valence-electron chi connectivity index (χ2n) is 7.84. The first kappa shape index (κ1) is 21.8. The van der Waals surface area contributed by atoms with Crippen molar-refractivity contribution in [1.29, 1.82) is 0 Å². The number of non-ortho nitro benzene ring substituents is 1. The van der Waals surface area contributed by atoms with Gasteiger partial charge in [-0.1, -0.05) is 18.2 Å². The Morgan fingerprint density at radius 1 is 0.857 bits per heavy atom. The Balaban J connectivity index is 1.67. The van der Waals surface area contributed by atoms with Gasteiger partial charge < -0.3 is 24.5 Å². The molecule has 0 aromatic heterocycles. The van der Waals surface area contributed by atoms with E-state index in [1.165, 1.54) is 30.3 Å². The maximum Gasteiger partial charge on any atom is 0.269 e. The summed E-state index contributed by atoms with van der Waals surface area (Å²) in [5.41, 5.74) is 1.73. The Hall–Kier alpha value is -5.05. The number of nitro benzene ring substituents is 1. The molecule has 5 rings (SSSR count). The quantitative estimate of drug-likeness (QED) is 0.138. The number of nitrogens with zero attached hydrogens (tertiary/aromatic N) is 1. The normalized spacial score (nSPS) is 11.1. The van der Waals surface area contributed by atoms with E-state index in [1.807, 2.05) is 0 Å². The summed E-state index contributed by atoms with van der Waals surface area (Å²) in [7, 11) is 0. The summed E-state index contributed by atoms with van der Waals surface area (Å²) >= 11 is 0. The Morgan fingerprint density at radius 3 is 2.31 bits per heavy atom. The van der Waals surface area contributed by atoms with Gasteiger partial charge in [0.05, 0.1) is 4.92 Å². The van der Waals surface area contributed by atoms with Crippen molar-refractivity contribution in [1.82, 2.24) is 0 Å². The SMILES string of the molecule is O=c1cc2oc3cc(O)c(O)cc3c(-c3ccccc3OCc3ccc([N+](=O)[O-])cc3)c-2cc1O. The smallest absolute Gasteiger partial charge is 0.269 e. The molecule has 174 valence electrons. The summed E-state index contributed by atoms with van der Waals surface area (Å²) in [6.45, 7) is 0.115. The fraction of sp³-hybridized carbons (Fsp3) is 0.0385. The van der Waals surface area contributed by atoms with Crippen LogP contribution < -0.4 is 10.2 Å².